The first-order chi connectivity index (χ1) is 19.9. The topological polar surface area (TPSA) is 79.3 Å². The van der Waals surface area contributed by atoms with Gasteiger partial charge in [0.25, 0.3) is 5.91 Å². The van der Waals surface area contributed by atoms with Gasteiger partial charge in [0.2, 0.25) is 0 Å². The van der Waals surface area contributed by atoms with Crippen molar-refractivity contribution in [1.29, 1.82) is 0 Å². The molecule has 1 amide bonds. The fourth-order valence-corrected chi connectivity index (χ4v) is 5.96. The summed E-state index contributed by atoms with van der Waals surface area (Å²) in [5.41, 5.74) is 4.22. The smallest absolute Gasteiger partial charge is 0.335 e. The summed E-state index contributed by atoms with van der Waals surface area (Å²) in [6.45, 7) is 1.84. The zero-order valence-electron chi connectivity index (χ0n) is 22.1. The molecule has 0 bridgehead atoms. The van der Waals surface area contributed by atoms with Crippen LogP contribution in [-0.4, -0.2) is 21.4 Å². The van der Waals surface area contributed by atoms with Gasteiger partial charge in [-0.15, -0.1) is 0 Å². The van der Waals surface area contributed by atoms with Crippen molar-refractivity contribution >= 4 is 44.3 Å². The number of rotatable bonds is 7. The summed E-state index contributed by atoms with van der Waals surface area (Å²) < 4.78 is 20.3. The molecule has 41 heavy (non-hydrogen) atoms. The van der Waals surface area contributed by atoms with Crippen LogP contribution in [0.1, 0.15) is 50.5 Å². The molecule has 0 saturated heterocycles. The molecule has 0 aliphatic carbocycles. The number of hydrogen-bond acceptors (Lipinski definition) is 4. The first-order valence-electron chi connectivity index (χ1n) is 13.2. The van der Waals surface area contributed by atoms with Gasteiger partial charge in [0.05, 0.1) is 27.6 Å². The van der Waals surface area contributed by atoms with E-state index in [-0.39, 0.29) is 17.3 Å². The van der Waals surface area contributed by atoms with Crippen molar-refractivity contribution in [2.24, 2.45) is 0 Å². The van der Waals surface area contributed by atoms with Crippen molar-refractivity contribution in [3.63, 3.8) is 0 Å². The molecule has 1 heterocycles. The summed E-state index contributed by atoms with van der Waals surface area (Å²) in [5.74, 6) is -1.70. The lowest BCUT2D eigenvalue weighted by Crippen LogP contribution is -2.27. The number of halogens is 1. The Morgan fingerprint density at radius 2 is 1.63 bits per heavy atom. The molecule has 7 heteroatoms. The number of nitrogens with one attached hydrogen (secondary N) is 1. The Kier molecular flexibility index (Phi) is 7.03. The van der Waals surface area contributed by atoms with E-state index in [1.165, 1.54) is 29.7 Å². The predicted octanol–water partition coefficient (Wildman–Crippen LogP) is 8.04. The summed E-state index contributed by atoms with van der Waals surface area (Å²) in [6, 6.07) is 30.6. The van der Waals surface area contributed by atoms with E-state index < -0.39 is 12.0 Å². The molecule has 0 radical (unpaired) electrons. The Morgan fingerprint density at radius 1 is 0.902 bits per heavy atom. The third-order valence-electron chi connectivity index (χ3n) is 7.27. The van der Waals surface area contributed by atoms with Gasteiger partial charge in [0, 0.05) is 17.4 Å². The van der Waals surface area contributed by atoms with Crippen LogP contribution in [0.3, 0.4) is 0 Å². The van der Waals surface area contributed by atoms with Crippen LogP contribution in [0, 0.1) is 5.82 Å². The maximum absolute atomic E-state index is 14.8. The zero-order valence-corrected chi connectivity index (χ0v) is 22.9. The van der Waals surface area contributed by atoms with Crippen molar-refractivity contribution in [3.05, 3.63) is 137 Å². The number of hydrogen-bond donors (Lipinski definition) is 2. The first-order valence-corrected chi connectivity index (χ1v) is 13.9. The molecule has 0 aliphatic rings. The van der Waals surface area contributed by atoms with E-state index in [2.05, 4.69) is 35.6 Å². The molecule has 0 unspecified atom stereocenters. The van der Waals surface area contributed by atoms with Crippen molar-refractivity contribution in [1.82, 2.24) is 9.69 Å². The Bertz CT molecular complexity index is 1930. The zero-order chi connectivity index (χ0) is 28.5. The predicted molar refractivity (Wildman–Crippen MR) is 161 cm³/mol. The molecule has 0 fully saturated rings. The number of amides is 1. The summed E-state index contributed by atoms with van der Waals surface area (Å²) in [6.07, 6.45) is 0.538. The standard InChI is InChI=1S/C34H25FN2O3S/c1-20(22-12-14-24(15-13-22)34(39)40)36-33(38)28-18-26(27-8-4-5-9-29(27)35)19-31-32(28)30(37-41-31)17-21-10-11-23-6-2-3-7-25(23)16-21/h2-16,18-20H,17H2,1H3,(H,36,38)(H,39,40)/t20-/m0/s1. The normalized spacial score (nSPS) is 12.0. The van der Waals surface area contributed by atoms with E-state index in [1.807, 2.05) is 25.1 Å². The molecule has 2 N–H and O–H groups in total. The van der Waals surface area contributed by atoms with E-state index in [4.69, 9.17) is 4.37 Å². The average Bonchev–Trinajstić information content (AvgIpc) is 3.39. The fraction of sp³-hybridized carbons (Fsp3) is 0.0882. The summed E-state index contributed by atoms with van der Waals surface area (Å²) >= 11 is 1.29. The second-order valence-corrected chi connectivity index (χ2v) is 10.8. The number of fused-ring (bicyclic) bond motifs is 2. The van der Waals surface area contributed by atoms with Crippen LogP contribution in [0.4, 0.5) is 4.39 Å². The van der Waals surface area contributed by atoms with Crippen LogP contribution >= 0.6 is 11.5 Å². The Morgan fingerprint density at radius 3 is 2.39 bits per heavy atom. The van der Waals surface area contributed by atoms with E-state index in [0.29, 0.717) is 23.1 Å². The molecule has 0 saturated carbocycles. The van der Waals surface area contributed by atoms with Crippen LogP contribution in [-0.2, 0) is 6.42 Å². The molecule has 0 aliphatic heterocycles. The van der Waals surface area contributed by atoms with Crippen molar-refractivity contribution < 1.29 is 19.1 Å². The van der Waals surface area contributed by atoms with Gasteiger partial charge in [-0.05, 0) is 76.3 Å². The lowest BCUT2D eigenvalue weighted by Gasteiger charge is -2.16. The minimum atomic E-state index is -1.01. The van der Waals surface area contributed by atoms with E-state index in [1.54, 1.807) is 36.4 Å². The molecule has 1 atom stereocenters. The third kappa shape index (κ3) is 5.32. The van der Waals surface area contributed by atoms with E-state index in [9.17, 15) is 19.1 Å². The highest BCUT2D eigenvalue weighted by Crippen LogP contribution is 2.35. The maximum atomic E-state index is 14.8. The van der Waals surface area contributed by atoms with Gasteiger partial charge in [-0.25, -0.2) is 9.18 Å². The highest BCUT2D eigenvalue weighted by Gasteiger charge is 2.21. The van der Waals surface area contributed by atoms with Crippen LogP contribution in [0.25, 0.3) is 32.0 Å². The number of nitrogens with zero attached hydrogens (tertiary/aromatic N) is 1. The number of aromatic nitrogens is 1. The summed E-state index contributed by atoms with van der Waals surface area (Å²) in [4.78, 5) is 25.1. The van der Waals surface area contributed by atoms with Gasteiger partial charge < -0.3 is 10.4 Å². The van der Waals surface area contributed by atoms with Crippen LogP contribution in [0.2, 0.25) is 0 Å². The lowest BCUT2D eigenvalue weighted by atomic mass is 9.96. The molecular formula is C34H25FN2O3S. The highest BCUT2D eigenvalue weighted by atomic mass is 32.1. The summed E-state index contributed by atoms with van der Waals surface area (Å²) in [7, 11) is 0. The highest BCUT2D eigenvalue weighted by molar-refractivity contribution is 7.13. The molecule has 6 rings (SSSR count). The van der Waals surface area contributed by atoms with Crippen LogP contribution in [0.5, 0.6) is 0 Å². The molecule has 6 aromatic rings. The van der Waals surface area contributed by atoms with Gasteiger partial charge in [0.15, 0.2) is 0 Å². The molecule has 1 aromatic heterocycles. The first kappa shape index (κ1) is 26.3. The lowest BCUT2D eigenvalue weighted by molar-refractivity contribution is 0.0696. The fourth-order valence-electron chi connectivity index (χ4n) is 5.10. The minimum absolute atomic E-state index is 0.175. The SMILES string of the molecule is C[C@H](NC(=O)c1cc(-c2ccccc2F)cc2snc(Cc3ccc4ccccc4c3)c12)c1ccc(C(=O)O)cc1. The number of carboxylic acids is 1. The van der Waals surface area contributed by atoms with E-state index >= 15 is 0 Å². The second-order valence-electron chi connectivity index (χ2n) is 9.99. The van der Waals surface area contributed by atoms with Gasteiger partial charge >= 0.3 is 5.97 Å². The van der Waals surface area contributed by atoms with E-state index in [0.717, 1.165) is 37.7 Å². The molecule has 202 valence electrons. The Labute approximate surface area is 240 Å². The minimum Gasteiger partial charge on any atom is -0.478 e. The maximum Gasteiger partial charge on any atom is 0.335 e. The third-order valence-corrected chi connectivity index (χ3v) is 8.10. The second kappa shape index (κ2) is 10.9. The van der Waals surface area contributed by atoms with Gasteiger partial charge in [0.1, 0.15) is 5.82 Å². The molecule has 0 spiro atoms. The Hall–Kier alpha value is -4.88. The quantitative estimate of drug-likeness (QED) is 0.207. The average molecular weight is 561 g/mol. The number of aromatic carboxylic acids is 1. The summed E-state index contributed by atoms with van der Waals surface area (Å²) in [5, 5.41) is 15.3. The number of carbonyl (C=O) groups is 2. The molecular weight excluding hydrogens is 535 g/mol. The number of carboxylic acid groups (broad SMARTS) is 1. The van der Waals surface area contributed by atoms with Crippen molar-refractivity contribution in [3.8, 4) is 11.1 Å². The van der Waals surface area contributed by atoms with Gasteiger partial charge in [-0.2, -0.15) is 4.37 Å². The van der Waals surface area contributed by atoms with Crippen molar-refractivity contribution in [2.75, 3.05) is 0 Å². The van der Waals surface area contributed by atoms with Crippen molar-refractivity contribution in [2.45, 2.75) is 19.4 Å². The van der Waals surface area contributed by atoms with Gasteiger partial charge in [-0.3, -0.25) is 4.79 Å². The molecule has 5 aromatic carbocycles. The molecule has 5 nitrogen and oxygen atoms in total. The monoisotopic (exact) mass is 560 g/mol. The van der Waals surface area contributed by atoms with Crippen LogP contribution in [0.15, 0.2) is 103 Å². The van der Waals surface area contributed by atoms with Crippen LogP contribution < -0.4 is 5.32 Å². The number of carbonyl (C=O) groups excluding carboxylic acids is 1. The largest absolute Gasteiger partial charge is 0.478 e. The Balaban J connectivity index is 1.41. The number of benzene rings is 5. The van der Waals surface area contributed by atoms with Gasteiger partial charge in [-0.1, -0.05) is 72.8 Å².